The monoisotopic (exact) mass is 512 g/mol. The van der Waals surface area contributed by atoms with Gasteiger partial charge >= 0.3 is 0 Å². The van der Waals surface area contributed by atoms with Gasteiger partial charge in [0.25, 0.3) is 11.8 Å². The van der Waals surface area contributed by atoms with Gasteiger partial charge in [0.1, 0.15) is 5.75 Å². The maximum Gasteiger partial charge on any atom is 0.257 e. The number of fused-ring (bicyclic) bond motifs is 2. The lowest BCUT2D eigenvalue weighted by molar-refractivity contribution is 0.0736. The third-order valence-corrected chi connectivity index (χ3v) is 8.26. The number of phenols is 1. The van der Waals surface area contributed by atoms with Crippen molar-refractivity contribution in [3.05, 3.63) is 87.9 Å². The van der Waals surface area contributed by atoms with E-state index in [1.165, 1.54) is 4.88 Å². The number of benzene rings is 3. The fourth-order valence-corrected chi connectivity index (χ4v) is 6.40. The molecule has 0 aliphatic carbocycles. The minimum atomic E-state index is -0.185. The van der Waals surface area contributed by atoms with Crippen molar-refractivity contribution in [3.8, 4) is 5.75 Å². The smallest absolute Gasteiger partial charge is 0.257 e. The molecule has 0 unspecified atom stereocenters. The van der Waals surface area contributed by atoms with Crippen molar-refractivity contribution in [2.75, 3.05) is 25.5 Å². The quantitative estimate of drug-likeness (QED) is 0.392. The molecule has 1 aromatic heterocycles. The number of likely N-dealkylation sites (tertiary alicyclic amines) is 1. The van der Waals surface area contributed by atoms with Crippen LogP contribution in [0.15, 0.2) is 60.7 Å². The number of rotatable bonds is 4. The van der Waals surface area contributed by atoms with Crippen LogP contribution in [0.25, 0.3) is 10.8 Å². The molecule has 6 rings (SSSR count). The van der Waals surface area contributed by atoms with E-state index in [-0.39, 0.29) is 23.6 Å². The summed E-state index contributed by atoms with van der Waals surface area (Å²) in [5.74, 6) is -0.00205. The molecular formula is C29H28N4O3S. The second-order valence-corrected chi connectivity index (χ2v) is 10.9. The van der Waals surface area contributed by atoms with Crippen LogP contribution in [0.3, 0.4) is 0 Å². The Morgan fingerprint density at radius 2 is 1.86 bits per heavy atom. The molecule has 2 amide bonds. The van der Waals surface area contributed by atoms with Crippen LogP contribution in [0.4, 0.5) is 5.13 Å². The molecule has 1 saturated heterocycles. The molecule has 2 N–H and O–H groups in total. The van der Waals surface area contributed by atoms with Crippen LogP contribution in [0, 0.1) is 0 Å². The van der Waals surface area contributed by atoms with Crippen LogP contribution in [0.1, 0.15) is 55.7 Å². The molecule has 1 fully saturated rings. The van der Waals surface area contributed by atoms with Gasteiger partial charge in [-0.2, -0.15) is 0 Å². The molecule has 0 radical (unpaired) electrons. The number of carbonyl (C=O) groups is 2. The molecule has 3 aromatic carbocycles. The van der Waals surface area contributed by atoms with E-state index < -0.39 is 0 Å². The first kappa shape index (κ1) is 23.6. The van der Waals surface area contributed by atoms with E-state index >= 15 is 0 Å². The summed E-state index contributed by atoms with van der Waals surface area (Å²) in [5.41, 5.74) is 3.23. The van der Waals surface area contributed by atoms with Crippen LogP contribution in [-0.2, 0) is 13.0 Å². The van der Waals surface area contributed by atoms with Gasteiger partial charge in [0.15, 0.2) is 5.13 Å². The van der Waals surface area contributed by atoms with Gasteiger partial charge in [0.2, 0.25) is 0 Å². The average molecular weight is 513 g/mol. The molecule has 7 nitrogen and oxygen atoms in total. The molecule has 2 aliphatic heterocycles. The molecule has 8 heteroatoms. The number of phenolic OH excluding ortho intramolecular Hbond substituents is 1. The first-order valence-electron chi connectivity index (χ1n) is 12.6. The zero-order valence-corrected chi connectivity index (χ0v) is 21.4. The highest BCUT2D eigenvalue weighted by Gasteiger charge is 2.31. The number of carbonyl (C=O) groups excluding carboxylic acids is 2. The SMILES string of the molecule is CN1CCc2nc(NC(=O)c3cccc([C@H]4CCCN4C(=O)c4ccc5cc(O)ccc5c4)c3)sc2C1. The molecule has 188 valence electrons. The highest BCUT2D eigenvalue weighted by molar-refractivity contribution is 7.15. The summed E-state index contributed by atoms with van der Waals surface area (Å²) < 4.78 is 0. The molecule has 4 aromatic rings. The summed E-state index contributed by atoms with van der Waals surface area (Å²) in [5, 5.41) is 15.1. The molecule has 0 saturated carbocycles. The molecule has 0 spiro atoms. The standard InChI is InChI=1S/C29H28N4O3S/c1-32-13-11-24-26(17-32)37-29(30-24)31-27(35)21-5-2-4-20(15-21)25-6-3-12-33(25)28(36)22-8-7-19-16-23(34)10-9-18(19)14-22/h2,4-5,7-10,14-16,25,34H,3,6,11-13,17H2,1H3,(H,30,31,35)/t25-/m1/s1. The topological polar surface area (TPSA) is 85.8 Å². The van der Waals surface area contributed by atoms with Crippen LogP contribution in [-0.4, -0.2) is 51.8 Å². The highest BCUT2D eigenvalue weighted by Crippen LogP contribution is 2.34. The van der Waals surface area contributed by atoms with Crippen LogP contribution in [0.2, 0.25) is 0 Å². The Hall–Kier alpha value is -3.75. The lowest BCUT2D eigenvalue weighted by Crippen LogP contribution is -2.30. The van der Waals surface area contributed by atoms with Gasteiger partial charge in [-0.25, -0.2) is 4.98 Å². The fourth-order valence-electron chi connectivity index (χ4n) is 5.32. The van der Waals surface area contributed by atoms with Crippen molar-refractivity contribution in [3.63, 3.8) is 0 Å². The maximum atomic E-state index is 13.5. The number of hydrogen-bond acceptors (Lipinski definition) is 6. The molecule has 1 atom stereocenters. The number of hydrogen-bond donors (Lipinski definition) is 2. The first-order chi connectivity index (χ1) is 17.9. The number of likely N-dealkylation sites (N-methyl/N-ethyl adjacent to an activating group) is 1. The van der Waals surface area contributed by atoms with Crippen molar-refractivity contribution in [1.29, 1.82) is 0 Å². The van der Waals surface area contributed by atoms with Gasteiger partial charge in [-0.15, -0.1) is 11.3 Å². The summed E-state index contributed by atoms with van der Waals surface area (Å²) in [4.78, 5) is 36.6. The van der Waals surface area contributed by atoms with E-state index in [0.717, 1.165) is 54.4 Å². The van der Waals surface area contributed by atoms with Gasteiger partial charge in [0.05, 0.1) is 11.7 Å². The van der Waals surface area contributed by atoms with E-state index in [2.05, 4.69) is 22.2 Å². The highest BCUT2D eigenvalue weighted by atomic mass is 32.1. The van der Waals surface area contributed by atoms with Crippen molar-refractivity contribution in [2.24, 2.45) is 0 Å². The predicted octanol–water partition coefficient (Wildman–Crippen LogP) is 5.22. The Morgan fingerprint density at radius 1 is 1.03 bits per heavy atom. The van der Waals surface area contributed by atoms with Gasteiger partial charge in [0, 0.05) is 42.1 Å². The zero-order valence-electron chi connectivity index (χ0n) is 20.6. The summed E-state index contributed by atoms with van der Waals surface area (Å²) in [6, 6.07) is 18.2. The van der Waals surface area contributed by atoms with Crippen molar-refractivity contribution in [2.45, 2.75) is 31.8 Å². The number of aromatic nitrogens is 1. The van der Waals surface area contributed by atoms with E-state index in [4.69, 9.17) is 0 Å². The molecule has 0 bridgehead atoms. The zero-order chi connectivity index (χ0) is 25.5. The summed E-state index contributed by atoms with van der Waals surface area (Å²) in [6.07, 6.45) is 2.66. The van der Waals surface area contributed by atoms with Gasteiger partial charge in [-0.3, -0.25) is 14.9 Å². The Kier molecular flexibility index (Phi) is 6.14. The first-order valence-corrected chi connectivity index (χ1v) is 13.4. The number of thiazole rings is 1. The number of nitrogens with zero attached hydrogens (tertiary/aromatic N) is 3. The Morgan fingerprint density at radius 3 is 2.76 bits per heavy atom. The van der Waals surface area contributed by atoms with Crippen LogP contribution >= 0.6 is 11.3 Å². The maximum absolute atomic E-state index is 13.5. The fraction of sp³-hybridized carbons (Fsp3) is 0.276. The average Bonchev–Trinajstić information content (AvgIpc) is 3.54. The summed E-state index contributed by atoms with van der Waals surface area (Å²) in [7, 11) is 2.09. The second kappa shape index (κ2) is 9.61. The predicted molar refractivity (Wildman–Crippen MR) is 145 cm³/mol. The number of anilines is 1. The molecule has 3 heterocycles. The second-order valence-electron chi connectivity index (χ2n) is 9.86. The van der Waals surface area contributed by atoms with Gasteiger partial charge in [-0.05, 0) is 72.6 Å². The normalized spacial score (nSPS) is 17.6. The lowest BCUT2D eigenvalue weighted by Gasteiger charge is -2.25. The molecule has 2 aliphatic rings. The van der Waals surface area contributed by atoms with Crippen molar-refractivity contribution < 1.29 is 14.7 Å². The summed E-state index contributed by atoms with van der Waals surface area (Å²) >= 11 is 1.54. The third kappa shape index (κ3) is 4.70. The minimum absolute atomic E-state index is 0.0225. The number of nitrogens with one attached hydrogen (secondary N) is 1. The summed E-state index contributed by atoms with van der Waals surface area (Å²) in [6.45, 7) is 2.52. The van der Waals surface area contributed by atoms with Crippen LogP contribution < -0.4 is 5.32 Å². The van der Waals surface area contributed by atoms with E-state index in [1.807, 2.05) is 47.4 Å². The van der Waals surface area contributed by atoms with E-state index in [0.29, 0.717) is 22.8 Å². The third-order valence-electron chi connectivity index (χ3n) is 7.26. The van der Waals surface area contributed by atoms with Crippen molar-refractivity contribution >= 4 is 39.1 Å². The van der Waals surface area contributed by atoms with Gasteiger partial charge in [-0.1, -0.05) is 24.3 Å². The Balaban J connectivity index is 1.20. The Bertz CT molecular complexity index is 1510. The molecule has 37 heavy (non-hydrogen) atoms. The minimum Gasteiger partial charge on any atom is -0.508 e. The largest absolute Gasteiger partial charge is 0.508 e. The number of aromatic hydroxyl groups is 1. The number of amides is 2. The van der Waals surface area contributed by atoms with Crippen molar-refractivity contribution in [1.82, 2.24) is 14.8 Å². The van der Waals surface area contributed by atoms with E-state index in [9.17, 15) is 14.7 Å². The van der Waals surface area contributed by atoms with Crippen LogP contribution in [0.5, 0.6) is 5.75 Å². The van der Waals surface area contributed by atoms with Gasteiger partial charge < -0.3 is 14.9 Å². The van der Waals surface area contributed by atoms with E-state index in [1.54, 1.807) is 29.5 Å². The molecular weight excluding hydrogens is 484 g/mol. The lowest BCUT2D eigenvalue weighted by atomic mass is 10.0. The Labute approximate surface area is 219 Å².